The van der Waals surface area contributed by atoms with Gasteiger partial charge in [0.15, 0.2) is 0 Å². The molecule has 2 aliphatic rings. The zero-order chi connectivity index (χ0) is 17.9. The third-order valence-corrected chi connectivity index (χ3v) is 5.88. The molecule has 0 amide bonds. The van der Waals surface area contributed by atoms with Crippen LogP contribution in [0.2, 0.25) is 0 Å². The SMILES string of the molecule is Fc1ccccc1N1CCN(Cn2nnn(C3CCCCC3)c2=S)CC1. The number of piperazine rings is 1. The maximum Gasteiger partial charge on any atom is 0.217 e. The van der Waals surface area contributed by atoms with Gasteiger partial charge in [-0.2, -0.15) is 0 Å². The van der Waals surface area contributed by atoms with Crippen LogP contribution in [0.3, 0.4) is 0 Å². The van der Waals surface area contributed by atoms with Gasteiger partial charge in [0.1, 0.15) is 5.82 Å². The fraction of sp³-hybridized carbons (Fsp3) is 0.611. The first-order chi connectivity index (χ1) is 12.7. The number of hydrogen-bond acceptors (Lipinski definition) is 5. The van der Waals surface area contributed by atoms with Crippen LogP contribution in [0.15, 0.2) is 24.3 Å². The molecule has 26 heavy (non-hydrogen) atoms. The van der Waals surface area contributed by atoms with Crippen LogP contribution in [0.25, 0.3) is 0 Å². The van der Waals surface area contributed by atoms with E-state index in [4.69, 9.17) is 12.2 Å². The normalized spacial score (nSPS) is 19.8. The smallest absolute Gasteiger partial charge is 0.217 e. The van der Waals surface area contributed by atoms with Crippen LogP contribution in [0.5, 0.6) is 0 Å². The lowest BCUT2D eigenvalue weighted by atomic mass is 9.96. The average molecular weight is 377 g/mol. The van der Waals surface area contributed by atoms with Crippen molar-refractivity contribution in [3.63, 3.8) is 0 Å². The molecule has 1 aromatic heterocycles. The summed E-state index contributed by atoms with van der Waals surface area (Å²) in [5.74, 6) is -0.154. The molecule has 0 atom stereocenters. The third kappa shape index (κ3) is 3.66. The lowest BCUT2D eigenvalue weighted by Crippen LogP contribution is -2.47. The van der Waals surface area contributed by atoms with Crippen LogP contribution in [-0.2, 0) is 6.67 Å². The molecule has 1 aliphatic carbocycles. The number of nitrogens with zero attached hydrogens (tertiary/aromatic N) is 6. The Hall–Kier alpha value is -1.80. The number of hydrogen-bond donors (Lipinski definition) is 0. The molecule has 6 nitrogen and oxygen atoms in total. The highest BCUT2D eigenvalue weighted by atomic mass is 32.1. The fourth-order valence-corrected chi connectivity index (χ4v) is 4.24. The van der Waals surface area contributed by atoms with E-state index in [0.29, 0.717) is 23.2 Å². The molecule has 1 saturated heterocycles. The molecule has 0 radical (unpaired) electrons. The van der Waals surface area contributed by atoms with Gasteiger partial charge in [-0.3, -0.25) is 4.90 Å². The largest absolute Gasteiger partial charge is 0.367 e. The van der Waals surface area contributed by atoms with Crippen LogP contribution in [0.1, 0.15) is 38.1 Å². The summed E-state index contributed by atoms with van der Waals surface area (Å²) in [6.07, 6.45) is 6.10. The Morgan fingerprint density at radius 1 is 1.00 bits per heavy atom. The molecule has 0 bridgehead atoms. The number of aromatic nitrogens is 4. The molecule has 8 heteroatoms. The van der Waals surface area contributed by atoms with Gasteiger partial charge in [0.2, 0.25) is 4.77 Å². The molecular formula is C18H25FN6S. The standard InChI is InChI=1S/C18H25FN6S/c19-16-8-4-5-9-17(16)23-12-10-22(11-13-23)14-24-18(26)25(21-20-24)15-6-2-1-3-7-15/h4-5,8-9,15H,1-3,6-7,10-14H2. The Balaban J connectivity index is 1.37. The lowest BCUT2D eigenvalue weighted by molar-refractivity contribution is 0.192. The molecule has 2 fully saturated rings. The number of rotatable bonds is 4. The van der Waals surface area contributed by atoms with Crippen molar-refractivity contribution in [1.82, 2.24) is 24.7 Å². The van der Waals surface area contributed by atoms with E-state index in [1.807, 2.05) is 21.5 Å². The molecule has 1 saturated carbocycles. The van der Waals surface area contributed by atoms with Crippen LogP contribution in [0.4, 0.5) is 10.1 Å². The molecular weight excluding hydrogens is 351 g/mol. The number of anilines is 1. The Kier molecular flexibility index (Phi) is 5.31. The van der Waals surface area contributed by atoms with Crippen molar-refractivity contribution in [1.29, 1.82) is 0 Å². The van der Waals surface area contributed by atoms with Gasteiger partial charge in [0.25, 0.3) is 0 Å². The summed E-state index contributed by atoms with van der Waals surface area (Å²) in [6.45, 7) is 3.95. The summed E-state index contributed by atoms with van der Waals surface area (Å²) in [4.78, 5) is 4.40. The summed E-state index contributed by atoms with van der Waals surface area (Å²) in [5.41, 5.74) is 0.687. The van der Waals surface area contributed by atoms with E-state index in [9.17, 15) is 4.39 Å². The highest BCUT2D eigenvalue weighted by Gasteiger charge is 2.22. The minimum atomic E-state index is -0.154. The van der Waals surface area contributed by atoms with Gasteiger partial charge in [0.05, 0.1) is 18.4 Å². The number of halogens is 1. The van der Waals surface area contributed by atoms with E-state index in [-0.39, 0.29) is 5.82 Å². The van der Waals surface area contributed by atoms with Gasteiger partial charge in [-0.15, -0.1) is 0 Å². The van der Waals surface area contributed by atoms with Gasteiger partial charge in [-0.05, 0) is 47.6 Å². The summed E-state index contributed by atoms with van der Waals surface area (Å²) in [6, 6.07) is 7.38. The molecule has 2 aromatic rings. The van der Waals surface area contributed by atoms with Gasteiger partial charge in [-0.1, -0.05) is 31.4 Å². The third-order valence-electron chi connectivity index (χ3n) is 5.48. The molecule has 0 spiro atoms. The molecule has 140 valence electrons. The second-order valence-electron chi connectivity index (χ2n) is 7.20. The maximum absolute atomic E-state index is 14.0. The predicted octanol–water partition coefficient (Wildman–Crippen LogP) is 3.23. The maximum atomic E-state index is 14.0. The van der Waals surface area contributed by atoms with Gasteiger partial charge in [0, 0.05) is 26.2 Å². The van der Waals surface area contributed by atoms with Crippen molar-refractivity contribution in [2.45, 2.75) is 44.8 Å². The Morgan fingerprint density at radius 3 is 2.46 bits per heavy atom. The topological polar surface area (TPSA) is 42.1 Å². The second kappa shape index (κ2) is 7.84. The minimum Gasteiger partial charge on any atom is -0.367 e. The van der Waals surface area contributed by atoms with E-state index < -0.39 is 0 Å². The molecule has 4 rings (SSSR count). The first kappa shape index (κ1) is 17.6. The van der Waals surface area contributed by atoms with Crippen LogP contribution < -0.4 is 4.90 Å². The summed E-state index contributed by atoms with van der Waals surface area (Å²) in [7, 11) is 0. The van der Waals surface area contributed by atoms with Crippen LogP contribution >= 0.6 is 12.2 Å². The van der Waals surface area contributed by atoms with Crippen molar-refractivity contribution in [2.75, 3.05) is 31.1 Å². The zero-order valence-electron chi connectivity index (χ0n) is 14.9. The second-order valence-corrected chi connectivity index (χ2v) is 7.56. The van der Waals surface area contributed by atoms with E-state index in [2.05, 4.69) is 20.2 Å². The van der Waals surface area contributed by atoms with E-state index in [0.717, 1.165) is 39.0 Å². The first-order valence-electron chi connectivity index (χ1n) is 9.46. The summed E-state index contributed by atoms with van der Waals surface area (Å²) < 4.78 is 18.4. The molecule has 1 aliphatic heterocycles. The fourth-order valence-electron chi connectivity index (χ4n) is 3.96. The average Bonchev–Trinajstić information content (AvgIpc) is 3.04. The Morgan fingerprint density at radius 2 is 1.73 bits per heavy atom. The number of para-hydroxylation sites is 1. The lowest BCUT2D eigenvalue weighted by Gasteiger charge is -2.35. The van der Waals surface area contributed by atoms with Crippen LogP contribution in [-0.4, -0.2) is 50.9 Å². The highest BCUT2D eigenvalue weighted by molar-refractivity contribution is 7.71. The van der Waals surface area contributed by atoms with Crippen molar-refractivity contribution in [3.05, 3.63) is 34.9 Å². The van der Waals surface area contributed by atoms with Crippen LogP contribution in [0, 0.1) is 10.6 Å². The number of tetrazole rings is 1. The molecule has 0 N–H and O–H groups in total. The van der Waals surface area contributed by atoms with Crippen molar-refractivity contribution < 1.29 is 4.39 Å². The monoisotopic (exact) mass is 376 g/mol. The van der Waals surface area contributed by atoms with Crippen molar-refractivity contribution >= 4 is 17.9 Å². The minimum absolute atomic E-state index is 0.154. The Labute approximate surface area is 158 Å². The molecule has 0 unspecified atom stereocenters. The zero-order valence-corrected chi connectivity index (χ0v) is 15.7. The van der Waals surface area contributed by atoms with Crippen molar-refractivity contribution in [2.24, 2.45) is 0 Å². The van der Waals surface area contributed by atoms with Crippen molar-refractivity contribution in [3.8, 4) is 0 Å². The quantitative estimate of drug-likeness (QED) is 0.767. The van der Waals surface area contributed by atoms with E-state index >= 15 is 0 Å². The summed E-state index contributed by atoms with van der Waals surface area (Å²) in [5, 5.41) is 8.60. The molecule has 2 heterocycles. The highest BCUT2D eigenvalue weighted by Crippen LogP contribution is 2.27. The molecule has 1 aromatic carbocycles. The van der Waals surface area contributed by atoms with E-state index in [1.165, 1.54) is 25.3 Å². The van der Waals surface area contributed by atoms with Gasteiger partial charge in [-0.25, -0.2) is 13.8 Å². The Bertz CT molecular complexity index is 789. The van der Waals surface area contributed by atoms with Gasteiger partial charge >= 0.3 is 0 Å². The van der Waals surface area contributed by atoms with Gasteiger partial charge < -0.3 is 4.90 Å². The van der Waals surface area contributed by atoms with E-state index in [1.54, 1.807) is 6.07 Å². The summed E-state index contributed by atoms with van der Waals surface area (Å²) >= 11 is 5.61. The number of benzene rings is 1. The predicted molar refractivity (Wildman–Crippen MR) is 101 cm³/mol. The first-order valence-corrected chi connectivity index (χ1v) is 9.87.